The average Bonchev–Trinajstić information content (AvgIpc) is 2.16. The number of rotatable bonds is 4. The summed E-state index contributed by atoms with van der Waals surface area (Å²) in [6.07, 6.45) is 0.432. The van der Waals surface area contributed by atoms with Gasteiger partial charge in [0.15, 0.2) is 0 Å². The third-order valence-corrected chi connectivity index (χ3v) is 2.92. The number of carbonyl (C=O) groups excluding carboxylic acids is 1. The number of halogens is 1. The van der Waals surface area contributed by atoms with E-state index in [1.54, 1.807) is 0 Å². The van der Waals surface area contributed by atoms with Crippen LogP contribution in [0, 0.1) is 5.82 Å². The molecule has 0 aliphatic carbocycles. The average molecular weight is 217 g/mol. The lowest BCUT2D eigenvalue weighted by Crippen LogP contribution is -2.25. The van der Waals surface area contributed by atoms with Crippen LogP contribution in [-0.4, -0.2) is 21.2 Å². The van der Waals surface area contributed by atoms with Crippen LogP contribution >= 0.6 is 0 Å². The van der Waals surface area contributed by atoms with Crippen molar-refractivity contribution >= 4 is 16.3 Å². The van der Waals surface area contributed by atoms with Gasteiger partial charge in [-0.1, -0.05) is 0 Å². The molecule has 0 atom stereocenters. The van der Waals surface area contributed by atoms with E-state index in [-0.39, 0.29) is 11.4 Å². The van der Waals surface area contributed by atoms with Gasteiger partial charge in [0, 0.05) is 0 Å². The van der Waals surface area contributed by atoms with Gasteiger partial charge in [-0.3, -0.25) is 0 Å². The molecule has 1 aromatic carbocycles. The van der Waals surface area contributed by atoms with Gasteiger partial charge in [-0.25, -0.2) is 17.5 Å². The first-order chi connectivity index (χ1) is 6.56. The lowest BCUT2D eigenvalue weighted by Gasteiger charge is -2.02. The highest BCUT2D eigenvalue weighted by molar-refractivity contribution is 7.89. The van der Waals surface area contributed by atoms with Gasteiger partial charge in [-0.2, -0.15) is 0 Å². The Morgan fingerprint density at radius 3 is 2.36 bits per heavy atom. The second-order valence-corrected chi connectivity index (χ2v) is 4.24. The predicted molar refractivity (Wildman–Crippen MR) is 47.7 cm³/mol. The molecule has 1 N–H and O–H groups in total. The van der Waals surface area contributed by atoms with Crippen molar-refractivity contribution in [2.45, 2.75) is 4.90 Å². The molecule has 0 unspecified atom stereocenters. The van der Waals surface area contributed by atoms with Crippen LogP contribution in [0.4, 0.5) is 4.39 Å². The summed E-state index contributed by atoms with van der Waals surface area (Å²) in [5, 5.41) is 0. The van der Waals surface area contributed by atoms with Gasteiger partial charge in [0.2, 0.25) is 10.0 Å². The zero-order valence-electron chi connectivity index (χ0n) is 7.10. The van der Waals surface area contributed by atoms with E-state index in [9.17, 15) is 17.6 Å². The Bertz CT molecular complexity index is 413. The summed E-state index contributed by atoms with van der Waals surface area (Å²) in [4.78, 5) is 9.88. The molecule has 0 saturated heterocycles. The molecule has 0 fully saturated rings. The first-order valence-electron chi connectivity index (χ1n) is 3.75. The first kappa shape index (κ1) is 10.8. The van der Waals surface area contributed by atoms with E-state index in [1.165, 1.54) is 0 Å². The van der Waals surface area contributed by atoms with E-state index in [1.807, 2.05) is 4.72 Å². The third kappa shape index (κ3) is 2.61. The smallest absolute Gasteiger partial charge is 0.240 e. The lowest BCUT2D eigenvalue weighted by atomic mass is 10.4. The molecular formula is C8H8FNO3S. The normalized spacial score (nSPS) is 11.2. The second-order valence-electron chi connectivity index (χ2n) is 2.47. The van der Waals surface area contributed by atoms with Crippen molar-refractivity contribution in [3.63, 3.8) is 0 Å². The molecule has 6 heteroatoms. The fourth-order valence-electron chi connectivity index (χ4n) is 0.841. The Labute approximate surface area is 80.8 Å². The topological polar surface area (TPSA) is 63.2 Å². The highest BCUT2D eigenvalue weighted by Crippen LogP contribution is 2.08. The number of aldehydes is 1. The number of nitrogens with one attached hydrogen (secondary N) is 1. The van der Waals surface area contributed by atoms with Gasteiger partial charge in [-0.05, 0) is 24.3 Å². The Hall–Kier alpha value is -1.27. The fraction of sp³-hybridized carbons (Fsp3) is 0.125. The van der Waals surface area contributed by atoms with Crippen LogP contribution in [0.25, 0.3) is 0 Å². The summed E-state index contributed by atoms with van der Waals surface area (Å²) in [7, 11) is -3.69. The van der Waals surface area contributed by atoms with Crippen LogP contribution in [-0.2, 0) is 14.8 Å². The van der Waals surface area contributed by atoms with Gasteiger partial charge in [0.1, 0.15) is 12.1 Å². The zero-order valence-corrected chi connectivity index (χ0v) is 7.92. The van der Waals surface area contributed by atoms with Gasteiger partial charge in [-0.15, -0.1) is 0 Å². The maximum atomic E-state index is 12.5. The minimum atomic E-state index is -3.69. The highest BCUT2D eigenvalue weighted by Gasteiger charge is 2.12. The van der Waals surface area contributed by atoms with E-state index >= 15 is 0 Å². The van der Waals surface area contributed by atoms with Crippen LogP contribution in [0.3, 0.4) is 0 Å². The Kier molecular flexibility index (Phi) is 3.32. The lowest BCUT2D eigenvalue weighted by molar-refractivity contribution is -0.106. The number of carbonyl (C=O) groups is 1. The summed E-state index contributed by atoms with van der Waals surface area (Å²) in [6, 6.07) is 4.33. The summed E-state index contributed by atoms with van der Waals surface area (Å²) in [6.45, 7) is -0.292. The number of sulfonamides is 1. The van der Waals surface area contributed by atoms with E-state index in [0.717, 1.165) is 24.3 Å². The Balaban J connectivity index is 2.93. The molecule has 76 valence electrons. The molecule has 0 radical (unpaired) electrons. The molecule has 0 aliphatic heterocycles. The molecule has 0 spiro atoms. The molecule has 0 saturated carbocycles. The molecule has 1 aromatic rings. The van der Waals surface area contributed by atoms with Crippen LogP contribution in [0.2, 0.25) is 0 Å². The van der Waals surface area contributed by atoms with E-state index in [0.29, 0.717) is 6.29 Å². The van der Waals surface area contributed by atoms with Crippen molar-refractivity contribution in [2.75, 3.05) is 6.54 Å². The minimum Gasteiger partial charge on any atom is -0.302 e. The van der Waals surface area contributed by atoms with Gasteiger partial charge >= 0.3 is 0 Å². The molecule has 0 aliphatic rings. The fourth-order valence-corrected chi connectivity index (χ4v) is 1.79. The van der Waals surface area contributed by atoms with Crippen LogP contribution in [0.1, 0.15) is 0 Å². The zero-order chi connectivity index (χ0) is 10.6. The molecule has 0 bridgehead atoms. The van der Waals surface area contributed by atoms with Crippen molar-refractivity contribution in [2.24, 2.45) is 0 Å². The number of hydrogen-bond donors (Lipinski definition) is 1. The summed E-state index contributed by atoms with van der Waals surface area (Å²) < 4.78 is 37.1. The molecule has 0 heterocycles. The highest BCUT2D eigenvalue weighted by atomic mass is 32.2. The van der Waals surface area contributed by atoms with Crippen LogP contribution in [0.15, 0.2) is 29.2 Å². The van der Waals surface area contributed by atoms with Crippen LogP contribution in [0.5, 0.6) is 0 Å². The van der Waals surface area contributed by atoms with Gasteiger partial charge < -0.3 is 4.79 Å². The van der Waals surface area contributed by atoms with Crippen molar-refractivity contribution in [1.29, 1.82) is 0 Å². The number of benzene rings is 1. The Morgan fingerprint density at radius 1 is 1.29 bits per heavy atom. The SMILES string of the molecule is O=CCNS(=O)(=O)c1ccc(F)cc1. The van der Waals surface area contributed by atoms with Gasteiger partial charge in [0.25, 0.3) is 0 Å². The van der Waals surface area contributed by atoms with Crippen LogP contribution < -0.4 is 4.72 Å². The Morgan fingerprint density at radius 2 is 1.86 bits per heavy atom. The summed E-state index contributed by atoms with van der Waals surface area (Å²) in [5.41, 5.74) is 0. The maximum absolute atomic E-state index is 12.5. The standard InChI is InChI=1S/C8H8FNO3S/c9-7-1-3-8(4-2-7)14(12,13)10-5-6-11/h1-4,6,10H,5H2. The second kappa shape index (κ2) is 4.30. The quantitative estimate of drug-likeness (QED) is 0.738. The largest absolute Gasteiger partial charge is 0.302 e. The third-order valence-electron chi connectivity index (χ3n) is 1.48. The molecule has 4 nitrogen and oxygen atoms in total. The molecule has 14 heavy (non-hydrogen) atoms. The predicted octanol–water partition coefficient (Wildman–Crippen LogP) is 0.303. The molecular weight excluding hydrogens is 209 g/mol. The van der Waals surface area contributed by atoms with Crippen molar-refractivity contribution in [1.82, 2.24) is 4.72 Å². The monoisotopic (exact) mass is 217 g/mol. The van der Waals surface area contributed by atoms with E-state index < -0.39 is 15.8 Å². The minimum absolute atomic E-state index is 0.0687. The van der Waals surface area contributed by atoms with E-state index in [4.69, 9.17) is 0 Å². The molecule has 0 amide bonds. The van der Waals surface area contributed by atoms with Crippen molar-refractivity contribution in [3.8, 4) is 0 Å². The molecule has 0 aromatic heterocycles. The summed E-state index contributed by atoms with van der Waals surface area (Å²) in [5.74, 6) is -0.515. The number of hydrogen-bond acceptors (Lipinski definition) is 3. The first-order valence-corrected chi connectivity index (χ1v) is 5.23. The van der Waals surface area contributed by atoms with Gasteiger partial charge in [0.05, 0.1) is 11.4 Å². The van der Waals surface area contributed by atoms with Crippen molar-refractivity contribution in [3.05, 3.63) is 30.1 Å². The maximum Gasteiger partial charge on any atom is 0.240 e. The van der Waals surface area contributed by atoms with Crippen molar-refractivity contribution < 1.29 is 17.6 Å². The summed E-state index contributed by atoms with van der Waals surface area (Å²) >= 11 is 0. The molecule has 1 rings (SSSR count). The van der Waals surface area contributed by atoms with E-state index in [2.05, 4.69) is 0 Å².